The molecule has 6 heteroatoms. The first-order valence-corrected chi connectivity index (χ1v) is 6.87. The van der Waals surface area contributed by atoms with Gasteiger partial charge in [-0.15, -0.1) is 0 Å². The summed E-state index contributed by atoms with van der Waals surface area (Å²) in [7, 11) is 1.69. The van der Waals surface area contributed by atoms with Crippen LogP contribution in [0, 0.1) is 6.92 Å². The van der Waals surface area contributed by atoms with Crippen molar-refractivity contribution in [1.29, 1.82) is 0 Å². The van der Waals surface area contributed by atoms with Crippen LogP contribution in [0.5, 0.6) is 0 Å². The van der Waals surface area contributed by atoms with E-state index in [1.54, 1.807) is 7.05 Å². The number of rotatable bonds is 6. The zero-order valence-corrected chi connectivity index (χ0v) is 13.0. The highest BCUT2D eigenvalue weighted by Crippen LogP contribution is 2.12. The minimum atomic E-state index is -0.866. The van der Waals surface area contributed by atoms with Gasteiger partial charge in [-0.3, -0.25) is 9.78 Å². The second-order valence-electron chi connectivity index (χ2n) is 5.83. The Morgan fingerprint density at radius 1 is 1.38 bits per heavy atom. The van der Waals surface area contributed by atoms with Crippen molar-refractivity contribution in [3.63, 3.8) is 0 Å². The molecule has 0 aromatic carbocycles. The average molecular weight is 293 g/mol. The lowest BCUT2D eigenvalue weighted by Gasteiger charge is -2.29. The number of aromatic nitrogens is 1. The summed E-state index contributed by atoms with van der Waals surface area (Å²) < 4.78 is 0. The summed E-state index contributed by atoms with van der Waals surface area (Å²) >= 11 is 0. The van der Waals surface area contributed by atoms with Gasteiger partial charge >= 0.3 is 12.0 Å². The SMILES string of the molecule is Cc1cccc(CN(C)C(=O)NC(C)(C)CCC(=O)O)n1. The molecule has 2 amide bonds. The lowest BCUT2D eigenvalue weighted by Crippen LogP contribution is -2.48. The largest absolute Gasteiger partial charge is 0.481 e. The van der Waals surface area contributed by atoms with Crippen molar-refractivity contribution in [2.24, 2.45) is 0 Å². The van der Waals surface area contributed by atoms with Crippen LogP contribution in [0.3, 0.4) is 0 Å². The summed E-state index contributed by atoms with van der Waals surface area (Å²) in [6.45, 7) is 5.93. The molecule has 6 nitrogen and oxygen atoms in total. The minimum absolute atomic E-state index is 0.0242. The first-order valence-electron chi connectivity index (χ1n) is 6.87. The quantitative estimate of drug-likeness (QED) is 0.842. The van der Waals surface area contributed by atoms with Crippen molar-refractivity contribution < 1.29 is 14.7 Å². The van der Waals surface area contributed by atoms with Crippen molar-refractivity contribution in [2.45, 2.75) is 45.7 Å². The molecule has 0 fully saturated rings. The Morgan fingerprint density at radius 3 is 2.62 bits per heavy atom. The van der Waals surface area contributed by atoms with E-state index < -0.39 is 11.5 Å². The maximum atomic E-state index is 12.1. The van der Waals surface area contributed by atoms with Gasteiger partial charge in [0.1, 0.15) is 0 Å². The first-order chi connectivity index (χ1) is 9.69. The van der Waals surface area contributed by atoms with E-state index in [2.05, 4.69) is 10.3 Å². The Morgan fingerprint density at radius 2 is 2.05 bits per heavy atom. The molecule has 1 heterocycles. The minimum Gasteiger partial charge on any atom is -0.481 e. The Bertz CT molecular complexity index is 515. The highest BCUT2D eigenvalue weighted by molar-refractivity contribution is 5.74. The highest BCUT2D eigenvalue weighted by Gasteiger charge is 2.23. The molecular weight excluding hydrogens is 270 g/mol. The van der Waals surface area contributed by atoms with Gasteiger partial charge in [-0.2, -0.15) is 0 Å². The van der Waals surface area contributed by atoms with Crippen molar-refractivity contribution >= 4 is 12.0 Å². The Hall–Kier alpha value is -2.11. The smallest absolute Gasteiger partial charge is 0.317 e. The third-order valence-corrected chi connectivity index (χ3v) is 3.10. The fraction of sp³-hybridized carbons (Fsp3) is 0.533. The van der Waals surface area contributed by atoms with E-state index in [-0.39, 0.29) is 12.5 Å². The second kappa shape index (κ2) is 7.06. The molecule has 0 spiro atoms. The maximum Gasteiger partial charge on any atom is 0.317 e. The van der Waals surface area contributed by atoms with E-state index in [0.717, 1.165) is 11.4 Å². The van der Waals surface area contributed by atoms with Crippen LogP contribution in [0.2, 0.25) is 0 Å². The number of carbonyl (C=O) groups excluding carboxylic acids is 1. The molecule has 116 valence electrons. The van der Waals surface area contributed by atoms with Gasteiger partial charge in [0, 0.05) is 24.7 Å². The van der Waals surface area contributed by atoms with Gasteiger partial charge in [-0.25, -0.2) is 4.79 Å². The number of nitrogens with zero attached hydrogens (tertiary/aromatic N) is 2. The predicted molar refractivity (Wildman–Crippen MR) is 79.9 cm³/mol. The topological polar surface area (TPSA) is 82.5 Å². The number of nitrogens with one attached hydrogen (secondary N) is 1. The van der Waals surface area contributed by atoms with Gasteiger partial charge in [0.05, 0.1) is 12.2 Å². The van der Waals surface area contributed by atoms with Crippen molar-refractivity contribution in [3.8, 4) is 0 Å². The van der Waals surface area contributed by atoms with Gasteiger partial charge in [0.15, 0.2) is 0 Å². The molecular formula is C15H23N3O3. The van der Waals surface area contributed by atoms with Crippen LogP contribution in [-0.4, -0.2) is 39.6 Å². The zero-order chi connectivity index (χ0) is 16.0. The van der Waals surface area contributed by atoms with E-state index in [1.807, 2.05) is 39.0 Å². The first kappa shape index (κ1) is 16.9. The number of carboxylic acid groups (broad SMARTS) is 1. The van der Waals surface area contributed by atoms with E-state index in [4.69, 9.17) is 5.11 Å². The zero-order valence-electron chi connectivity index (χ0n) is 13.0. The van der Waals surface area contributed by atoms with E-state index in [9.17, 15) is 9.59 Å². The standard InChI is InChI=1S/C15H23N3O3/c1-11-6-5-7-12(16-11)10-18(4)14(21)17-15(2,3)9-8-13(19)20/h5-7H,8-10H2,1-4H3,(H,17,21)(H,19,20). The van der Waals surface area contributed by atoms with Gasteiger partial charge < -0.3 is 15.3 Å². The van der Waals surface area contributed by atoms with Gasteiger partial charge in [0.25, 0.3) is 0 Å². The van der Waals surface area contributed by atoms with Crippen LogP contribution in [0.1, 0.15) is 38.1 Å². The molecule has 0 unspecified atom stereocenters. The number of amides is 2. The third kappa shape index (κ3) is 6.25. The molecule has 0 saturated heterocycles. The number of urea groups is 1. The Labute approximate surface area is 125 Å². The molecule has 1 aromatic rings. The predicted octanol–water partition coefficient (Wildman–Crippen LogP) is 2.17. The fourth-order valence-electron chi connectivity index (χ4n) is 1.87. The molecule has 0 aliphatic rings. The van der Waals surface area contributed by atoms with Crippen LogP contribution in [0.15, 0.2) is 18.2 Å². The van der Waals surface area contributed by atoms with E-state index >= 15 is 0 Å². The Kier molecular flexibility index (Phi) is 5.69. The molecule has 0 aliphatic carbocycles. The monoisotopic (exact) mass is 293 g/mol. The molecule has 0 saturated carbocycles. The number of aliphatic carboxylic acids is 1. The highest BCUT2D eigenvalue weighted by atomic mass is 16.4. The van der Waals surface area contributed by atoms with Crippen molar-refractivity contribution in [3.05, 3.63) is 29.6 Å². The van der Waals surface area contributed by atoms with Crippen molar-refractivity contribution in [1.82, 2.24) is 15.2 Å². The van der Waals surface area contributed by atoms with Crippen LogP contribution < -0.4 is 5.32 Å². The van der Waals surface area contributed by atoms with Crippen molar-refractivity contribution in [2.75, 3.05) is 7.05 Å². The van der Waals surface area contributed by atoms with Crippen LogP contribution in [-0.2, 0) is 11.3 Å². The third-order valence-electron chi connectivity index (χ3n) is 3.10. The molecule has 0 radical (unpaired) electrons. The molecule has 0 atom stereocenters. The number of carbonyl (C=O) groups is 2. The molecule has 1 rings (SSSR count). The molecule has 21 heavy (non-hydrogen) atoms. The number of carboxylic acids is 1. The lowest BCUT2D eigenvalue weighted by atomic mass is 9.99. The number of hydrogen-bond donors (Lipinski definition) is 2. The number of aryl methyl sites for hydroxylation is 1. The number of pyridine rings is 1. The maximum absolute atomic E-state index is 12.1. The molecule has 2 N–H and O–H groups in total. The summed E-state index contributed by atoms with van der Waals surface area (Å²) in [5, 5.41) is 11.6. The van der Waals surface area contributed by atoms with Gasteiger partial charge in [-0.05, 0) is 39.3 Å². The summed E-state index contributed by atoms with van der Waals surface area (Å²) in [6.07, 6.45) is 0.404. The summed E-state index contributed by atoms with van der Waals surface area (Å²) in [4.78, 5) is 28.6. The second-order valence-corrected chi connectivity index (χ2v) is 5.83. The summed E-state index contributed by atoms with van der Waals surface area (Å²) in [5.74, 6) is -0.866. The van der Waals surface area contributed by atoms with Gasteiger partial charge in [-0.1, -0.05) is 6.07 Å². The van der Waals surface area contributed by atoms with E-state index in [0.29, 0.717) is 13.0 Å². The van der Waals surface area contributed by atoms with Crippen LogP contribution >= 0.6 is 0 Å². The number of hydrogen-bond acceptors (Lipinski definition) is 3. The fourth-order valence-corrected chi connectivity index (χ4v) is 1.87. The summed E-state index contributed by atoms with van der Waals surface area (Å²) in [6, 6.07) is 5.43. The average Bonchev–Trinajstić information content (AvgIpc) is 2.36. The molecule has 1 aromatic heterocycles. The van der Waals surface area contributed by atoms with Gasteiger partial charge in [0.2, 0.25) is 0 Å². The Balaban J connectivity index is 2.56. The normalized spacial score (nSPS) is 11.0. The molecule has 0 bridgehead atoms. The van der Waals surface area contributed by atoms with Crippen LogP contribution in [0.4, 0.5) is 4.79 Å². The summed E-state index contributed by atoms with van der Waals surface area (Å²) in [5.41, 5.74) is 1.16. The molecule has 0 aliphatic heterocycles. The van der Waals surface area contributed by atoms with Crippen LogP contribution in [0.25, 0.3) is 0 Å². The van der Waals surface area contributed by atoms with E-state index in [1.165, 1.54) is 4.90 Å². The lowest BCUT2D eigenvalue weighted by molar-refractivity contribution is -0.137.